The Morgan fingerprint density at radius 2 is 1.93 bits per heavy atom. The van der Waals surface area contributed by atoms with E-state index >= 15 is 0 Å². The van der Waals surface area contributed by atoms with Crippen LogP contribution in [0.5, 0.6) is 0 Å². The van der Waals surface area contributed by atoms with Crippen LogP contribution in [0.2, 0.25) is 10.0 Å². The van der Waals surface area contributed by atoms with E-state index in [2.05, 4.69) is 5.43 Å². The normalized spacial score (nSPS) is 15.8. The molecule has 7 nitrogen and oxygen atoms in total. The van der Waals surface area contributed by atoms with Crippen molar-refractivity contribution in [3.05, 3.63) is 69.2 Å². The van der Waals surface area contributed by atoms with Gasteiger partial charge in [-0.3, -0.25) is 29.6 Å². The number of nitrogens with zero attached hydrogens (tertiary/aromatic N) is 1. The van der Waals surface area contributed by atoms with Crippen LogP contribution in [0.25, 0.3) is 0 Å². The molecule has 1 unspecified atom stereocenters. The molecule has 0 aliphatic carbocycles. The summed E-state index contributed by atoms with van der Waals surface area (Å²) >= 11 is 11.8. The summed E-state index contributed by atoms with van der Waals surface area (Å²) in [5.41, 5.74) is 3.99. The molecule has 1 fully saturated rings. The molecule has 2 aromatic rings. The molecule has 3 rings (SSSR count). The number of hydrogen-bond donors (Lipinski definition) is 1. The highest BCUT2D eigenvalue weighted by Gasteiger charge is 2.36. The molecule has 0 aromatic heterocycles. The van der Waals surface area contributed by atoms with Crippen molar-refractivity contribution in [3.8, 4) is 0 Å². The number of nitrogens with one attached hydrogen (secondary N) is 1. The number of carbonyl (C=O) groups excluding carboxylic acids is 4. The van der Waals surface area contributed by atoms with Crippen molar-refractivity contribution in [3.63, 3.8) is 0 Å². The largest absolute Gasteiger partial charge is 0.457 e. The highest BCUT2D eigenvalue weighted by molar-refractivity contribution is 6.36. The van der Waals surface area contributed by atoms with Crippen molar-refractivity contribution in [2.75, 3.05) is 13.2 Å². The second-order valence-corrected chi connectivity index (χ2v) is 7.71. The molecule has 1 atom stereocenters. The number of Topliss-reactive ketones (excluding diaryl/α,β-unsaturated/α-hetero) is 1. The molecule has 156 valence electrons. The van der Waals surface area contributed by atoms with Crippen LogP contribution in [-0.4, -0.2) is 41.7 Å². The molecule has 0 bridgehead atoms. The molecule has 2 amide bonds. The number of carbonyl (C=O) groups is 4. The number of hydrogen-bond acceptors (Lipinski definition) is 5. The molecule has 1 heterocycles. The van der Waals surface area contributed by atoms with Gasteiger partial charge in [0.2, 0.25) is 11.7 Å². The lowest BCUT2D eigenvalue weighted by Gasteiger charge is -2.17. The van der Waals surface area contributed by atoms with Crippen LogP contribution in [0.4, 0.5) is 0 Å². The summed E-state index contributed by atoms with van der Waals surface area (Å²) in [6, 6.07) is 11.3. The van der Waals surface area contributed by atoms with Gasteiger partial charge in [0, 0.05) is 22.6 Å². The molecule has 0 saturated carbocycles. The van der Waals surface area contributed by atoms with E-state index in [9.17, 15) is 19.2 Å². The standard InChI is InChI=1S/C21H18Cl2N2O5/c1-12-3-2-4-13(7-12)20(28)24-25-10-14(8-19(25)27)21(29)30-11-18(26)16-6-5-15(22)9-17(16)23/h2-7,9,14H,8,10-11H2,1H3,(H,24,28). The lowest BCUT2D eigenvalue weighted by atomic mass is 10.1. The van der Waals surface area contributed by atoms with Gasteiger partial charge in [0.25, 0.3) is 5.91 Å². The number of benzene rings is 2. The van der Waals surface area contributed by atoms with Crippen LogP contribution < -0.4 is 5.43 Å². The highest BCUT2D eigenvalue weighted by atomic mass is 35.5. The number of hydrazine groups is 1. The number of ether oxygens (including phenoxy) is 1. The van der Waals surface area contributed by atoms with Crippen molar-refractivity contribution in [1.82, 2.24) is 10.4 Å². The summed E-state index contributed by atoms with van der Waals surface area (Å²) in [4.78, 5) is 49.0. The number of amides is 2. The van der Waals surface area contributed by atoms with Gasteiger partial charge in [0.15, 0.2) is 6.61 Å². The summed E-state index contributed by atoms with van der Waals surface area (Å²) in [5, 5.41) is 1.63. The Morgan fingerprint density at radius 3 is 2.63 bits per heavy atom. The molecular weight excluding hydrogens is 431 g/mol. The Balaban J connectivity index is 1.54. The molecule has 1 N–H and O–H groups in total. The topological polar surface area (TPSA) is 92.8 Å². The maximum atomic E-state index is 12.3. The monoisotopic (exact) mass is 448 g/mol. The summed E-state index contributed by atoms with van der Waals surface area (Å²) < 4.78 is 5.06. The van der Waals surface area contributed by atoms with Gasteiger partial charge in [0.1, 0.15) is 0 Å². The summed E-state index contributed by atoms with van der Waals surface area (Å²) in [7, 11) is 0. The molecular formula is C21H18Cl2N2O5. The fourth-order valence-electron chi connectivity index (χ4n) is 2.99. The van der Waals surface area contributed by atoms with Gasteiger partial charge < -0.3 is 4.74 Å². The fourth-order valence-corrected chi connectivity index (χ4v) is 3.51. The van der Waals surface area contributed by atoms with Crippen LogP contribution >= 0.6 is 23.2 Å². The Bertz CT molecular complexity index is 1020. The maximum Gasteiger partial charge on any atom is 0.311 e. The second kappa shape index (κ2) is 9.28. The van der Waals surface area contributed by atoms with Crippen molar-refractivity contribution >= 4 is 46.8 Å². The summed E-state index contributed by atoms with van der Waals surface area (Å²) in [6.07, 6.45) is -0.122. The average Bonchev–Trinajstić information content (AvgIpc) is 3.06. The smallest absolute Gasteiger partial charge is 0.311 e. The van der Waals surface area contributed by atoms with E-state index in [1.807, 2.05) is 13.0 Å². The van der Waals surface area contributed by atoms with E-state index in [4.69, 9.17) is 27.9 Å². The Kier molecular flexibility index (Phi) is 6.74. The Labute approximate surface area is 182 Å². The molecule has 9 heteroatoms. The first-order valence-corrected chi connectivity index (χ1v) is 9.83. The van der Waals surface area contributed by atoms with Crippen molar-refractivity contribution < 1.29 is 23.9 Å². The fraction of sp³-hybridized carbons (Fsp3) is 0.238. The van der Waals surface area contributed by atoms with E-state index < -0.39 is 36.1 Å². The Hall–Kier alpha value is -2.90. The minimum Gasteiger partial charge on any atom is -0.457 e. The zero-order valence-electron chi connectivity index (χ0n) is 16.0. The second-order valence-electron chi connectivity index (χ2n) is 6.87. The van der Waals surface area contributed by atoms with Gasteiger partial charge in [-0.15, -0.1) is 0 Å². The predicted molar refractivity (Wildman–Crippen MR) is 110 cm³/mol. The number of rotatable bonds is 6. The van der Waals surface area contributed by atoms with Gasteiger partial charge in [-0.25, -0.2) is 0 Å². The summed E-state index contributed by atoms with van der Waals surface area (Å²) in [6.45, 7) is 1.30. The molecule has 1 aliphatic heterocycles. The third-order valence-electron chi connectivity index (χ3n) is 4.55. The van der Waals surface area contributed by atoms with Crippen molar-refractivity contribution in [2.24, 2.45) is 5.92 Å². The molecule has 1 aliphatic rings. The first kappa shape index (κ1) is 21.8. The van der Waals surface area contributed by atoms with E-state index in [0.717, 1.165) is 10.6 Å². The number of esters is 1. The van der Waals surface area contributed by atoms with Crippen molar-refractivity contribution in [1.29, 1.82) is 0 Å². The Morgan fingerprint density at radius 1 is 1.17 bits per heavy atom. The van der Waals surface area contributed by atoms with Gasteiger partial charge in [-0.05, 0) is 37.3 Å². The van der Waals surface area contributed by atoms with Crippen LogP contribution in [0.3, 0.4) is 0 Å². The van der Waals surface area contributed by atoms with E-state index in [1.54, 1.807) is 18.2 Å². The lowest BCUT2D eigenvalue weighted by molar-refractivity contribution is -0.147. The van der Waals surface area contributed by atoms with E-state index in [1.165, 1.54) is 18.2 Å². The van der Waals surface area contributed by atoms with Gasteiger partial charge in [-0.1, -0.05) is 40.9 Å². The zero-order valence-corrected chi connectivity index (χ0v) is 17.5. The SMILES string of the molecule is Cc1cccc(C(=O)NN2CC(C(=O)OCC(=O)c3ccc(Cl)cc3Cl)CC2=O)c1. The molecule has 1 saturated heterocycles. The molecule has 0 spiro atoms. The average molecular weight is 449 g/mol. The van der Waals surface area contributed by atoms with Crippen LogP contribution in [0.15, 0.2) is 42.5 Å². The number of aryl methyl sites for hydroxylation is 1. The molecule has 0 radical (unpaired) electrons. The lowest BCUT2D eigenvalue weighted by Crippen LogP contribution is -2.43. The third kappa shape index (κ3) is 5.17. The number of halogens is 2. The first-order chi connectivity index (χ1) is 14.2. The first-order valence-electron chi connectivity index (χ1n) is 9.07. The summed E-state index contributed by atoms with van der Waals surface area (Å²) in [5.74, 6) is -2.84. The van der Waals surface area contributed by atoms with Gasteiger partial charge in [0.05, 0.1) is 17.5 Å². The third-order valence-corrected chi connectivity index (χ3v) is 5.10. The molecule has 2 aromatic carbocycles. The van der Waals surface area contributed by atoms with E-state index in [-0.39, 0.29) is 23.6 Å². The zero-order chi connectivity index (χ0) is 21.8. The minimum absolute atomic E-state index is 0.0366. The van der Waals surface area contributed by atoms with Gasteiger partial charge >= 0.3 is 5.97 Å². The molecule has 30 heavy (non-hydrogen) atoms. The quantitative estimate of drug-likeness (QED) is 0.540. The van der Waals surface area contributed by atoms with E-state index in [0.29, 0.717) is 10.6 Å². The highest BCUT2D eigenvalue weighted by Crippen LogP contribution is 2.22. The maximum absolute atomic E-state index is 12.3. The van der Waals surface area contributed by atoms with Crippen LogP contribution in [-0.2, 0) is 14.3 Å². The van der Waals surface area contributed by atoms with Crippen LogP contribution in [0.1, 0.15) is 32.7 Å². The number of ketones is 1. The van der Waals surface area contributed by atoms with Crippen molar-refractivity contribution in [2.45, 2.75) is 13.3 Å². The van der Waals surface area contributed by atoms with Crippen LogP contribution in [0, 0.1) is 12.8 Å². The van der Waals surface area contributed by atoms with Gasteiger partial charge in [-0.2, -0.15) is 0 Å². The predicted octanol–water partition coefficient (Wildman–Crippen LogP) is 3.22. The minimum atomic E-state index is -0.788.